The van der Waals surface area contributed by atoms with Crippen molar-refractivity contribution in [3.8, 4) is 0 Å². The van der Waals surface area contributed by atoms with Gasteiger partial charge in [0.25, 0.3) is 0 Å². The van der Waals surface area contributed by atoms with E-state index in [2.05, 4.69) is 22.8 Å². The molecular formula is C17H18N2O. The fourth-order valence-electron chi connectivity index (χ4n) is 2.55. The Morgan fingerprint density at radius 3 is 2.55 bits per heavy atom. The molecule has 3 heteroatoms. The highest BCUT2D eigenvalue weighted by Crippen LogP contribution is 2.16. The van der Waals surface area contributed by atoms with Gasteiger partial charge < -0.3 is 10.6 Å². The van der Waals surface area contributed by atoms with Gasteiger partial charge in [-0.2, -0.15) is 0 Å². The third-order valence-electron chi connectivity index (χ3n) is 3.71. The number of carbonyl (C=O) groups is 1. The molecule has 1 aliphatic heterocycles. The van der Waals surface area contributed by atoms with Gasteiger partial charge in [-0.05, 0) is 23.1 Å². The quantitative estimate of drug-likeness (QED) is 0.892. The van der Waals surface area contributed by atoms with E-state index in [1.807, 2.05) is 42.5 Å². The molecule has 1 amide bonds. The standard InChI is InChI=1S/C17H18N2O/c20-17(19-11-13-6-2-1-3-7-13)16-10-14-8-4-5-9-15(14)12-18-16/h1-9,16,18H,10-12H2,(H,19,20)/t16-/m0/s1. The highest BCUT2D eigenvalue weighted by molar-refractivity contribution is 5.82. The van der Waals surface area contributed by atoms with Crippen LogP contribution in [0.1, 0.15) is 16.7 Å². The first-order valence-corrected chi connectivity index (χ1v) is 6.95. The van der Waals surface area contributed by atoms with Gasteiger partial charge in [0.15, 0.2) is 0 Å². The number of benzene rings is 2. The second-order valence-corrected chi connectivity index (χ2v) is 5.11. The van der Waals surface area contributed by atoms with Crippen molar-refractivity contribution >= 4 is 5.91 Å². The van der Waals surface area contributed by atoms with Crippen LogP contribution in [0.25, 0.3) is 0 Å². The van der Waals surface area contributed by atoms with Crippen molar-refractivity contribution in [1.82, 2.24) is 10.6 Å². The number of hydrogen-bond donors (Lipinski definition) is 2. The number of fused-ring (bicyclic) bond motifs is 1. The lowest BCUT2D eigenvalue weighted by molar-refractivity contribution is -0.123. The molecule has 2 aromatic carbocycles. The summed E-state index contributed by atoms with van der Waals surface area (Å²) in [5, 5.41) is 6.30. The van der Waals surface area contributed by atoms with Crippen molar-refractivity contribution in [2.45, 2.75) is 25.6 Å². The third kappa shape index (κ3) is 2.89. The number of carbonyl (C=O) groups excluding carboxylic acids is 1. The summed E-state index contributed by atoms with van der Waals surface area (Å²) < 4.78 is 0. The minimum absolute atomic E-state index is 0.0726. The van der Waals surface area contributed by atoms with Crippen LogP contribution in [0.15, 0.2) is 54.6 Å². The normalized spacial score (nSPS) is 17.3. The van der Waals surface area contributed by atoms with Crippen LogP contribution in [-0.4, -0.2) is 11.9 Å². The molecule has 1 aliphatic rings. The molecule has 2 aromatic rings. The summed E-state index contributed by atoms with van der Waals surface area (Å²) in [5.41, 5.74) is 3.68. The van der Waals surface area contributed by atoms with Gasteiger partial charge in [0.1, 0.15) is 0 Å². The summed E-state index contributed by atoms with van der Waals surface area (Å²) in [6, 6.07) is 18.1. The summed E-state index contributed by atoms with van der Waals surface area (Å²) in [4.78, 5) is 12.2. The first-order valence-electron chi connectivity index (χ1n) is 6.95. The molecule has 0 radical (unpaired) electrons. The molecule has 20 heavy (non-hydrogen) atoms. The predicted molar refractivity (Wildman–Crippen MR) is 79.1 cm³/mol. The van der Waals surface area contributed by atoms with Crippen LogP contribution in [0.2, 0.25) is 0 Å². The first-order chi connectivity index (χ1) is 9.83. The lowest BCUT2D eigenvalue weighted by atomic mass is 9.95. The zero-order valence-electron chi connectivity index (χ0n) is 11.3. The highest BCUT2D eigenvalue weighted by atomic mass is 16.2. The van der Waals surface area contributed by atoms with Crippen LogP contribution < -0.4 is 10.6 Å². The van der Waals surface area contributed by atoms with E-state index < -0.39 is 0 Å². The van der Waals surface area contributed by atoms with Crippen LogP contribution in [0.3, 0.4) is 0 Å². The minimum atomic E-state index is -0.131. The Balaban J connectivity index is 1.59. The smallest absolute Gasteiger partial charge is 0.237 e. The maximum Gasteiger partial charge on any atom is 0.237 e. The van der Waals surface area contributed by atoms with Crippen LogP contribution in [0.5, 0.6) is 0 Å². The lowest BCUT2D eigenvalue weighted by Gasteiger charge is -2.25. The topological polar surface area (TPSA) is 41.1 Å². The molecule has 0 saturated carbocycles. The molecule has 0 spiro atoms. The second kappa shape index (κ2) is 5.88. The summed E-state index contributed by atoms with van der Waals surface area (Å²) in [6.45, 7) is 1.35. The molecule has 1 atom stereocenters. The molecule has 2 N–H and O–H groups in total. The molecule has 0 bridgehead atoms. The van der Waals surface area contributed by atoms with E-state index in [4.69, 9.17) is 0 Å². The maximum absolute atomic E-state index is 12.2. The molecule has 3 nitrogen and oxygen atoms in total. The van der Waals surface area contributed by atoms with Gasteiger partial charge in [0, 0.05) is 13.1 Å². The summed E-state index contributed by atoms with van der Waals surface area (Å²) in [6.07, 6.45) is 0.761. The molecular weight excluding hydrogens is 248 g/mol. The van der Waals surface area contributed by atoms with Crippen molar-refractivity contribution in [1.29, 1.82) is 0 Å². The highest BCUT2D eigenvalue weighted by Gasteiger charge is 2.23. The molecule has 3 rings (SSSR count). The van der Waals surface area contributed by atoms with Crippen molar-refractivity contribution < 1.29 is 4.79 Å². The Labute approximate surface area is 119 Å². The SMILES string of the molecule is O=C(NCc1ccccc1)[C@@H]1Cc2ccccc2CN1. The van der Waals surface area contributed by atoms with Gasteiger partial charge in [-0.25, -0.2) is 0 Å². The predicted octanol–water partition coefficient (Wildman–Crippen LogP) is 2.02. The molecule has 0 aliphatic carbocycles. The largest absolute Gasteiger partial charge is 0.351 e. The van der Waals surface area contributed by atoms with Crippen molar-refractivity contribution in [3.05, 3.63) is 71.3 Å². The first kappa shape index (κ1) is 12.9. The van der Waals surface area contributed by atoms with E-state index in [1.54, 1.807) is 0 Å². The Kier molecular flexibility index (Phi) is 3.79. The minimum Gasteiger partial charge on any atom is -0.351 e. The Bertz CT molecular complexity index is 595. The average Bonchev–Trinajstić information content (AvgIpc) is 2.53. The molecule has 0 aromatic heterocycles. The summed E-state index contributed by atoms with van der Waals surface area (Å²) in [5.74, 6) is 0.0726. The zero-order valence-corrected chi connectivity index (χ0v) is 11.3. The Morgan fingerprint density at radius 1 is 1.05 bits per heavy atom. The van der Waals surface area contributed by atoms with E-state index in [1.165, 1.54) is 11.1 Å². The zero-order chi connectivity index (χ0) is 13.8. The van der Waals surface area contributed by atoms with Crippen molar-refractivity contribution in [2.24, 2.45) is 0 Å². The number of rotatable bonds is 3. The van der Waals surface area contributed by atoms with E-state index in [0.29, 0.717) is 6.54 Å². The average molecular weight is 266 g/mol. The lowest BCUT2D eigenvalue weighted by Crippen LogP contribution is -2.47. The van der Waals surface area contributed by atoms with Crippen LogP contribution in [-0.2, 0) is 24.3 Å². The van der Waals surface area contributed by atoms with Crippen LogP contribution in [0.4, 0.5) is 0 Å². The molecule has 0 saturated heterocycles. The van der Waals surface area contributed by atoms with Gasteiger partial charge >= 0.3 is 0 Å². The molecule has 0 fully saturated rings. The van der Waals surface area contributed by atoms with Crippen molar-refractivity contribution in [2.75, 3.05) is 0 Å². The molecule has 102 valence electrons. The second-order valence-electron chi connectivity index (χ2n) is 5.11. The van der Waals surface area contributed by atoms with Crippen LogP contribution in [0, 0.1) is 0 Å². The Hall–Kier alpha value is -2.13. The summed E-state index contributed by atoms with van der Waals surface area (Å²) >= 11 is 0. The van der Waals surface area contributed by atoms with Gasteiger partial charge in [-0.15, -0.1) is 0 Å². The summed E-state index contributed by atoms with van der Waals surface area (Å²) in [7, 11) is 0. The Morgan fingerprint density at radius 2 is 1.75 bits per heavy atom. The van der Waals surface area contributed by atoms with Gasteiger partial charge in [-0.3, -0.25) is 4.79 Å². The number of nitrogens with one attached hydrogen (secondary N) is 2. The van der Waals surface area contributed by atoms with E-state index >= 15 is 0 Å². The maximum atomic E-state index is 12.2. The van der Waals surface area contributed by atoms with Crippen molar-refractivity contribution in [3.63, 3.8) is 0 Å². The third-order valence-corrected chi connectivity index (χ3v) is 3.71. The van der Waals surface area contributed by atoms with Crippen LogP contribution >= 0.6 is 0 Å². The number of hydrogen-bond acceptors (Lipinski definition) is 2. The van der Waals surface area contributed by atoms with E-state index in [0.717, 1.165) is 18.5 Å². The van der Waals surface area contributed by atoms with Gasteiger partial charge in [0.05, 0.1) is 6.04 Å². The van der Waals surface area contributed by atoms with Gasteiger partial charge in [0.2, 0.25) is 5.91 Å². The van der Waals surface area contributed by atoms with E-state index in [-0.39, 0.29) is 11.9 Å². The monoisotopic (exact) mass is 266 g/mol. The fraction of sp³-hybridized carbons (Fsp3) is 0.235. The molecule has 1 heterocycles. The van der Waals surface area contributed by atoms with E-state index in [9.17, 15) is 4.79 Å². The fourth-order valence-corrected chi connectivity index (χ4v) is 2.55. The van der Waals surface area contributed by atoms with Gasteiger partial charge in [-0.1, -0.05) is 54.6 Å². The number of amides is 1. The molecule has 0 unspecified atom stereocenters.